The number of anilines is 1. The summed E-state index contributed by atoms with van der Waals surface area (Å²) < 4.78 is 33.2. The van der Waals surface area contributed by atoms with Crippen molar-refractivity contribution < 1.29 is 17.9 Å². The lowest BCUT2D eigenvalue weighted by Crippen LogP contribution is -2.37. The van der Waals surface area contributed by atoms with Crippen molar-refractivity contribution in [2.24, 2.45) is 0 Å². The first-order valence-electron chi connectivity index (χ1n) is 9.95. The Morgan fingerprint density at radius 2 is 1.69 bits per heavy atom. The van der Waals surface area contributed by atoms with E-state index in [1.807, 2.05) is 19.9 Å². The number of sulfonamides is 1. The molecule has 0 bridgehead atoms. The number of halogens is 1. The van der Waals surface area contributed by atoms with Gasteiger partial charge in [0.25, 0.3) is 0 Å². The third-order valence-corrected chi connectivity index (χ3v) is 6.90. The topological polar surface area (TPSA) is 75.7 Å². The summed E-state index contributed by atoms with van der Waals surface area (Å²) in [7, 11) is -2.43. The molecule has 0 saturated carbocycles. The average Bonchev–Trinajstić information content (AvgIpc) is 2.74. The summed E-state index contributed by atoms with van der Waals surface area (Å²) in [6.45, 7) is 3.39. The highest BCUT2D eigenvalue weighted by molar-refractivity contribution is 7.89. The highest BCUT2D eigenvalue weighted by Crippen LogP contribution is 2.26. The second kappa shape index (κ2) is 10.2. The molecule has 168 valence electrons. The van der Waals surface area contributed by atoms with Gasteiger partial charge in [0.15, 0.2) is 0 Å². The Morgan fingerprint density at radius 1 is 1.00 bits per heavy atom. The molecule has 0 heterocycles. The second-order valence-corrected chi connectivity index (χ2v) is 9.84. The molecule has 8 heteroatoms. The lowest BCUT2D eigenvalue weighted by molar-refractivity contribution is -0.116. The fourth-order valence-corrected chi connectivity index (χ4v) is 4.79. The van der Waals surface area contributed by atoms with Crippen LogP contribution in [0.25, 0.3) is 0 Å². The number of nitrogens with zero attached hydrogens (tertiary/aromatic N) is 1. The van der Waals surface area contributed by atoms with E-state index in [9.17, 15) is 13.2 Å². The lowest BCUT2D eigenvalue weighted by Gasteiger charge is -2.22. The van der Waals surface area contributed by atoms with Gasteiger partial charge in [0.2, 0.25) is 15.9 Å². The quantitative estimate of drug-likeness (QED) is 0.511. The number of methoxy groups -OCH3 is 1. The SMILES string of the molecule is COc1ccc(C)cc1NC(=O)CN(Cc1cccc(Cl)c1)S(=O)(=O)c1ccc(C)cc1. The Balaban J connectivity index is 1.91. The number of benzene rings is 3. The summed E-state index contributed by atoms with van der Waals surface area (Å²) in [5.74, 6) is 0.0124. The van der Waals surface area contributed by atoms with Gasteiger partial charge in [0.1, 0.15) is 5.75 Å². The molecular weight excluding hydrogens is 448 g/mol. The average molecular weight is 473 g/mol. The molecule has 1 amide bonds. The largest absolute Gasteiger partial charge is 0.495 e. The fourth-order valence-electron chi connectivity index (χ4n) is 3.19. The zero-order valence-electron chi connectivity index (χ0n) is 18.1. The van der Waals surface area contributed by atoms with E-state index < -0.39 is 15.9 Å². The van der Waals surface area contributed by atoms with Crippen molar-refractivity contribution in [3.63, 3.8) is 0 Å². The summed E-state index contributed by atoms with van der Waals surface area (Å²) in [6.07, 6.45) is 0. The molecule has 3 rings (SSSR count). The molecule has 32 heavy (non-hydrogen) atoms. The van der Waals surface area contributed by atoms with E-state index in [0.29, 0.717) is 22.0 Å². The molecule has 0 aliphatic rings. The van der Waals surface area contributed by atoms with Crippen LogP contribution in [0.1, 0.15) is 16.7 Å². The number of hydrogen-bond acceptors (Lipinski definition) is 4. The number of nitrogens with one attached hydrogen (secondary N) is 1. The molecule has 3 aromatic carbocycles. The predicted molar refractivity (Wildman–Crippen MR) is 127 cm³/mol. The minimum atomic E-state index is -3.94. The van der Waals surface area contributed by atoms with Crippen LogP contribution in [0.15, 0.2) is 71.6 Å². The van der Waals surface area contributed by atoms with Crippen LogP contribution in [-0.2, 0) is 21.4 Å². The van der Waals surface area contributed by atoms with E-state index in [1.54, 1.807) is 48.5 Å². The van der Waals surface area contributed by atoms with Gasteiger partial charge in [-0.2, -0.15) is 4.31 Å². The number of amides is 1. The number of aryl methyl sites for hydroxylation is 2. The van der Waals surface area contributed by atoms with Crippen molar-refractivity contribution in [2.75, 3.05) is 19.0 Å². The van der Waals surface area contributed by atoms with Gasteiger partial charge in [-0.3, -0.25) is 4.79 Å². The van der Waals surface area contributed by atoms with Gasteiger partial charge in [-0.25, -0.2) is 8.42 Å². The fraction of sp³-hybridized carbons (Fsp3) is 0.208. The maximum absolute atomic E-state index is 13.4. The van der Waals surface area contributed by atoms with Gasteiger partial charge >= 0.3 is 0 Å². The minimum Gasteiger partial charge on any atom is -0.495 e. The molecule has 0 aliphatic carbocycles. The van der Waals surface area contributed by atoms with Crippen LogP contribution in [0.5, 0.6) is 5.75 Å². The summed E-state index contributed by atoms with van der Waals surface area (Å²) in [5.41, 5.74) is 3.03. The number of hydrogen-bond donors (Lipinski definition) is 1. The normalized spacial score (nSPS) is 11.4. The molecule has 1 N–H and O–H groups in total. The first-order chi connectivity index (χ1) is 15.2. The summed E-state index contributed by atoms with van der Waals surface area (Å²) in [5, 5.41) is 3.26. The van der Waals surface area contributed by atoms with Gasteiger partial charge in [-0.05, 0) is 61.4 Å². The molecule has 0 fully saturated rings. The van der Waals surface area contributed by atoms with Crippen molar-refractivity contribution in [1.29, 1.82) is 0 Å². The van der Waals surface area contributed by atoms with Crippen LogP contribution in [0.4, 0.5) is 5.69 Å². The Labute approximate surface area is 193 Å². The summed E-state index contributed by atoms with van der Waals surface area (Å²) in [6, 6.07) is 18.8. The molecule has 0 atom stereocenters. The van der Waals surface area contributed by atoms with Gasteiger partial charge in [-0.15, -0.1) is 0 Å². The molecule has 0 spiro atoms. The third kappa shape index (κ3) is 5.88. The Hall–Kier alpha value is -2.87. The van der Waals surface area contributed by atoms with Gasteiger partial charge in [0.05, 0.1) is 24.2 Å². The van der Waals surface area contributed by atoms with E-state index in [1.165, 1.54) is 19.2 Å². The van der Waals surface area contributed by atoms with Gasteiger partial charge in [0, 0.05) is 11.6 Å². The van der Waals surface area contributed by atoms with Crippen molar-refractivity contribution in [1.82, 2.24) is 4.31 Å². The van der Waals surface area contributed by atoms with Crippen LogP contribution in [0, 0.1) is 13.8 Å². The van der Waals surface area contributed by atoms with Crippen LogP contribution in [0.2, 0.25) is 5.02 Å². The van der Waals surface area contributed by atoms with E-state index in [-0.39, 0.29) is 18.0 Å². The van der Waals surface area contributed by atoms with E-state index in [0.717, 1.165) is 15.4 Å². The minimum absolute atomic E-state index is 0.00482. The first kappa shape index (κ1) is 23.8. The smallest absolute Gasteiger partial charge is 0.243 e. The molecule has 0 unspecified atom stereocenters. The van der Waals surface area contributed by atoms with Gasteiger partial charge in [-0.1, -0.05) is 47.5 Å². The Bertz CT molecular complexity index is 1210. The van der Waals surface area contributed by atoms with Crippen molar-refractivity contribution >= 4 is 33.2 Å². The van der Waals surface area contributed by atoms with Crippen molar-refractivity contribution in [2.45, 2.75) is 25.3 Å². The van der Waals surface area contributed by atoms with Crippen LogP contribution >= 0.6 is 11.6 Å². The number of carbonyl (C=O) groups excluding carboxylic acids is 1. The highest BCUT2D eigenvalue weighted by Gasteiger charge is 2.27. The zero-order chi connectivity index (χ0) is 23.3. The molecule has 0 aliphatic heterocycles. The van der Waals surface area contributed by atoms with Crippen LogP contribution < -0.4 is 10.1 Å². The second-order valence-electron chi connectivity index (χ2n) is 7.47. The molecule has 0 aromatic heterocycles. The summed E-state index contributed by atoms with van der Waals surface area (Å²) in [4.78, 5) is 13.0. The van der Waals surface area contributed by atoms with E-state index >= 15 is 0 Å². The molecule has 3 aromatic rings. The first-order valence-corrected chi connectivity index (χ1v) is 11.8. The monoisotopic (exact) mass is 472 g/mol. The van der Waals surface area contributed by atoms with Gasteiger partial charge < -0.3 is 10.1 Å². The molecule has 6 nitrogen and oxygen atoms in total. The van der Waals surface area contributed by atoms with Crippen molar-refractivity contribution in [3.8, 4) is 5.75 Å². The Morgan fingerprint density at radius 3 is 2.34 bits per heavy atom. The molecule has 0 saturated heterocycles. The highest BCUT2D eigenvalue weighted by atomic mass is 35.5. The van der Waals surface area contributed by atoms with Crippen molar-refractivity contribution in [3.05, 3.63) is 88.4 Å². The van der Waals surface area contributed by atoms with Crippen LogP contribution in [0.3, 0.4) is 0 Å². The summed E-state index contributed by atoms with van der Waals surface area (Å²) >= 11 is 6.08. The number of carbonyl (C=O) groups is 1. The van der Waals surface area contributed by atoms with Crippen LogP contribution in [-0.4, -0.2) is 32.3 Å². The maximum Gasteiger partial charge on any atom is 0.243 e. The zero-order valence-corrected chi connectivity index (χ0v) is 19.7. The predicted octanol–water partition coefficient (Wildman–Crippen LogP) is 4.80. The number of ether oxygens (including phenoxy) is 1. The number of rotatable bonds is 8. The Kier molecular flexibility index (Phi) is 7.56. The third-order valence-electron chi connectivity index (χ3n) is 4.86. The molecular formula is C24H25ClN2O4S. The van der Waals surface area contributed by atoms with E-state index in [4.69, 9.17) is 16.3 Å². The molecule has 0 radical (unpaired) electrons. The van der Waals surface area contributed by atoms with E-state index in [2.05, 4.69) is 5.32 Å². The lowest BCUT2D eigenvalue weighted by atomic mass is 10.2. The maximum atomic E-state index is 13.4. The standard InChI is InChI=1S/C24H25ClN2O4S/c1-17-7-10-21(11-8-17)32(29,30)27(15-19-5-4-6-20(25)14-19)16-24(28)26-22-13-18(2)9-12-23(22)31-3/h4-14H,15-16H2,1-3H3,(H,26,28).